The summed E-state index contributed by atoms with van der Waals surface area (Å²) in [4.78, 5) is 25.5. The van der Waals surface area contributed by atoms with Crippen LogP contribution in [0.5, 0.6) is 11.5 Å². The Labute approximate surface area is 195 Å². The molecule has 0 aliphatic heterocycles. The highest BCUT2D eigenvalue weighted by atomic mass is 32.1. The molecule has 0 saturated carbocycles. The molecule has 3 heterocycles. The van der Waals surface area contributed by atoms with Crippen molar-refractivity contribution in [3.8, 4) is 11.5 Å². The van der Waals surface area contributed by atoms with Gasteiger partial charge in [-0.05, 0) is 35.9 Å². The first kappa shape index (κ1) is 22.8. The minimum atomic E-state index is -0.132. The molecule has 0 radical (unpaired) electrons. The molecule has 1 amide bonds. The van der Waals surface area contributed by atoms with E-state index in [0.717, 1.165) is 11.3 Å². The van der Waals surface area contributed by atoms with Crippen molar-refractivity contribution in [1.29, 1.82) is 0 Å². The van der Waals surface area contributed by atoms with Crippen molar-refractivity contribution in [2.24, 2.45) is 5.92 Å². The fraction of sp³-hybridized carbons (Fsp3) is 0.391. The van der Waals surface area contributed by atoms with Crippen molar-refractivity contribution in [2.45, 2.75) is 39.7 Å². The van der Waals surface area contributed by atoms with Crippen molar-refractivity contribution < 1.29 is 14.3 Å². The molecule has 4 aromatic rings. The SMILES string of the molecule is COc1ccc(OC)c(NC(=O)CCCc2nnc3n(CC(C)C)c(=O)c4sccc4n23)c1. The van der Waals surface area contributed by atoms with Crippen LogP contribution >= 0.6 is 11.3 Å². The number of anilines is 1. The van der Waals surface area contributed by atoms with E-state index in [9.17, 15) is 9.59 Å². The number of aromatic nitrogens is 4. The van der Waals surface area contributed by atoms with Crippen LogP contribution in [0.4, 0.5) is 5.69 Å². The average molecular weight is 470 g/mol. The second-order valence-electron chi connectivity index (χ2n) is 8.16. The maximum absolute atomic E-state index is 12.9. The number of ether oxygens (including phenoxy) is 2. The normalized spacial score (nSPS) is 11.4. The highest BCUT2D eigenvalue weighted by Gasteiger charge is 2.18. The van der Waals surface area contributed by atoms with E-state index in [4.69, 9.17) is 9.47 Å². The number of thiophene rings is 1. The fourth-order valence-electron chi connectivity index (χ4n) is 3.80. The van der Waals surface area contributed by atoms with Gasteiger partial charge in [-0.1, -0.05) is 13.8 Å². The van der Waals surface area contributed by atoms with Crippen molar-refractivity contribution >= 4 is 38.9 Å². The van der Waals surface area contributed by atoms with Gasteiger partial charge in [0.15, 0.2) is 0 Å². The van der Waals surface area contributed by atoms with Crippen LogP contribution in [0.2, 0.25) is 0 Å². The molecule has 10 heteroatoms. The molecule has 33 heavy (non-hydrogen) atoms. The van der Waals surface area contributed by atoms with Gasteiger partial charge >= 0.3 is 0 Å². The van der Waals surface area contributed by atoms with Crippen LogP contribution in [0, 0.1) is 5.92 Å². The smallest absolute Gasteiger partial charge is 0.272 e. The molecule has 0 aliphatic carbocycles. The van der Waals surface area contributed by atoms with Crippen molar-refractivity contribution in [1.82, 2.24) is 19.2 Å². The van der Waals surface area contributed by atoms with E-state index >= 15 is 0 Å². The first-order valence-corrected chi connectivity index (χ1v) is 11.7. The number of carbonyl (C=O) groups excluding carboxylic acids is 1. The van der Waals surface area contributed by atoms with Gasteiger partial charge in [0.1, 0.15) is 22.0 Å². The number of hydrogen-bond acceptors (Lipinski definition) is 7. The summed E-state index contributed by atoms with van der Waals surface area (Å²) in [7, 11) is 3.12. The fourth-order valence-corrected chi connectivity index (χ4v) is 4.63. The van der Waals surface area contributed by atoms with E-state index in [1.54, 1.807) is 37.0 Å². The van der Waals surface area contributed by atoms with E-state index in [-0.39, 0.29) is 11.5 Å². The van der Waals surface area contributed by atoms with Crippen molar-refractivity contribution in [3.63, 3.8) is 0 Å². The highest BCUT2D eigenvalue weighted by molar-refractivity contribution is 7.17. The van der Waals surface area contributed by atoms with Crippen LogP contribution < -0.4 is 20.3 Å². The zero-order chi connectivity index (χ0) is 23.5. The number of fused-ring (bicyclic) bond motifs is 3. The van der Waals surface area contributed by atoms with Crippen LogP contribution in [-0.2, 0) is 17.8 Å². The van der Waals surface area contributed by atoms with Crippen molar-refractivity contribution in [3.05, 3.63) is 45.8 Å². The van der Waals surface area contributed by atoms with E-state index in [1.807, 2.05) is 15.8 Å². The largest absolute Gasteiger partial charge is 0.497 e. The molecule has 0 saturated heterocycles. The zero-order valence-electron chi connectivity index (χ0n) is 19.1. The summed E-state index contributed by atoms with van der Waals surface area (Å²) in [5, 5.41) is 13.5. The average Bonchev–Trinajstić information content (AvgIpc) is 3.43. The lowest BCUT2D eigenvalue weighted by Gasteiger charge is -2.12. The van der Waals surface area contributed by atoms with Gasteiger partial charge in [-0.15, -0.1) is 21.5 Å². The molecule has 0 bridgehead atoms. The minimum absolute atomic E-state index is 0.0354. The number of carbonyl (C=O) groups is 1. The van der Waals surface area contributed by atoms with E-state index in [1.165, 1.54) is 11.3 Å². The standard InChI is InChI=1S/C23H27N5O4S/c1-14(2)13-27-22(30)21-17(10-11-33-21)28-19(25-26-23(27)28)6-5-7-20(29)24-16-12-15(31-3)8-9-18(16)32-4/h8-12,14H,5-7,13H2,1-4H3,(H,24,29). The third kappa shape index (κ3) is 4.56. The van der Waals surface area contributed by atoms with Crippen LogP contribution in [0.15, 0.2) is 34.4 Å². The van der Waals surface area contributed by atoms with Crippen LogP contribution in [-0.4, -0.2) is 39.3 Å². The van der Waals surface area contributed by atoms with Gasteiger partial charge in [0.2, 0.25) is 11.7 Å². The second kappa shape index (κ2) is 9.62. The third-order valence-electron chi connectivity index (χ3n) is 5.31. The predicted molar refractivity (Wildman–Crippen MR) is 129 cm³/mol. The molecular weight excluding hydrogens is 442 g/mol. The number of hydrogen-bond donors (Lipinski definition) is 1. The molecule has 174 valence electrons. The molecular formula is C23H27N5O4S. The first-order valence-electron chi connectivity index (χ1n) is 10.8. The highest BCUT2D eigenvalue weighted by Crippen LogP contribution is 2.29. The Hall–Kier alpha value is -3.40. The summed E-state index contributed by atoms with van der Waals surface area (Å²) in [5.41, 5.74) is 1.34. The maximum atomic E-state index is 12.9. The maximum Gasteiger partial charge on any atom is 0.272 e. The number of nitrogens with zero attached hydrogens (tertiary/aromatic N) is 4. The lowest BCUT2D eigenvalue weighted by atomic mass is 10.2. The van der Waals surface area contributed by atoms with Gasteiger partial charge < -0.3 is 14.8 Å². The van der Waals surface area contributed by atoms with Gasteiger partial charge in [0.25, 0.3) is 5.56 Å². The second-order valence-corrected chi connectivity index (χ2v) is 9.08. The molecule has 4 rings (SSSR count). The first-order chi connectivity index (χ1) is 15.9. The quantitative estimate of drug-likeness (QED) is 0.401. The number of rotatable bonds is 9. The van der Waals surface area contributed by atoms with Gasteiger partial charge in [-0.3, -0.25) is 18.6 Å². The Balaban J connectivity index is 1.52. The molecule has 0 unspecified atom stereocenters. The molecule has 3 aromatic heterocycles. The molecule has 9 nitrogen and oxygen atoms in total. The summed E-state index contributed by atoms with van der Waals surface area (Å²) < 4.78 is 14.9. The van der Waals surface area contributed by atoms with Crippen LogP contribution in [0.3, 0.4) is 0 Å². The Kier molecular flexibility index (Phi) is 6.64. The van der Waals surface area contributed by atoms with E-state index in [2.05, 4.69) is 29.4 Å². The van der Waals surface area contributed by atoms with E-state index in [0.29, 0.717) is 59.4 Å². The lowest BCUT2D eigenvalue weighted by molar-refractivity contribution is -0.116. The Morgan fingerprint density at radius 2 is 2.00 bits per heavy atom. The van der Waals surface area contributed by atoms with Crippen LogP contribution in [0.25, 0.3) is 16.0 Å². The summed E-state index contributed by atoms with van der Waals surface area (Å²) in [6, 6.07) is 7.17. The summed E-state index contributed by atoms with van der Waals surface area (Å²) in [5.74, 6) is 2.63. The third-order valence-corrected chi connectivity index (χ3v) is 6.20. The minimum Gasteiger partial charge on any atom is -0.497 e. The number of aryl methyl sites for hydroxylation is 1. The van der Waals surface area contributed by atoms with Crippen LogP contribution in [0.1, 0.15) is 32.5 Å². The van der Waals surface area contributed by atoms with E-state index < -0.39 is 0 Å². The van der Waals surface area contributed by atoms with Gasteiger partial charge in [-0.2, -0.15) is 0 Å². The molecule has 1 N–H and O–H groups in total. The zero-order valence-corrected chi connectivity index (χ0v) is 19.9. The molecule has 1 aromatic carbocycles. The number of nitrogens with one attached hydrogen (secondary N) is 1. The Bertz CT molecular complexity index is 1350. The molecule has 0 fully saturated rings. The number of benzene rings is 1. The number of methoxy groups -OCH3 is 2. The topological polar surface area (TPSA) is 99.8 Å². The molecule has 0 spiro atoms. The van der Waals surface area contributed by atoms with Gasteiger partial charge in [0.05, 0.1) is 25.4 Å². The number of amides is 1. The molecule has 0 aliphatic rings. The summed E-state index contributed by atoms with van der Waals surface area (Å²) in [6.45, 7) is 4.70. The Morgan fingerprint density at radius 1 is 1.18 bits per heavy atom. The van der Waals surface area contributed by atoms with Gasteiger partial charge in [0, 0.05) is 25.5 Å². The Morgan fingerprint density at radius 3 is 2.73 bits per heavy atom. The van der Waals surface area contributed by atoms with Gasteiger partial charge in [-0.25, -0.2) is 0 Å². The molecule has 0 atom stereocenters. The predicted octanol–water partition coefficient (Wildman–Crippen LogP) is 3.74. The lowest BCUT2D eigenvalue weighted by Crippen LogP contribution is -2.24. The monoisotopic (exact) mass is 469 g/mol. The summed E-state index contributed by atoms with van der Waals surface area (Å²) >= 11 is 1.42. The van der Waals surface area contributed by atoms with Crippen molar-refractivity contribution in [2.75, 3.05) is 19.5 Å². The summed E-state index contributed by atoms with van der Waals surface area (Å²) in [6.07, 6.45) is 1.43.